The summed E-state index contributed by atoms with van der Waals surface area (Å²) in [6.45, 7) is 8.08. The smallest absolute Gasteiger partial charge is 0.254 e. The first kappa shape index (κ1) is 24.7. The van der Waals surface area contributed by atoms with Crippen molar-refractivity contribution >= 4 is 21.6 Å². The van der Waals surface area contributed by atoms with Crippen LogP contribution in [0.2, 0.25) is 0 Å². The van der Waals surface area contributed by atoms with Gasteiger partial charge in [-0.1, -0.05) is 12.1 Å². The molecular formula is C23H33N3O4S. The van der Waals surface area contributed by atoms with E-state index in [1.54, 1.807) is 31.7 Å². The number of hydrogen-bond acceptors (Lipinski definition) is 5. The third kappa shape index (κ3) is 6.45. The van der Waals surface area contributed by atoms with Gasteiger partial charge >= 0.3 is 0 Å². The summed E-state index contributed by atoms with van der Waals surface area (Å²) in [7, 11) is 1.48. The summed E-state index contributed by atoms with van der Waals surface area (Å²) in [5.41, 5.74) is 1.70. The maximum atomic E-state index is 13.2. The Balaban J connectivity index is 2.34. The maximum absolute atomic E-state index is 13.2. The van der Waals surface area contributed by atoms with Crippen molar-refractivity contribution in [2.45, 2.75) is 44.7 Å². The lowest BCUT2D eigenvalue weighted by Crippen LogP contribution is -2.40. The monoisotopic (exact) mass is 447 g/mol. The number of nitrogens with zero attached hydrogens (tertiary/aromatic N) is 2. The number of carbonyl (C=O) groups excluding carboxylic acids is 1. The molecule has 8 heteroatoms. The van der Waals surface area contributed by atoms with Gasteiger partial charge in [-0.05, 0) is 63.6 Å². The average Bonchev–Trinajstić information content (AvgIpc) is 2.69. The molecule has 0 saturated heterocycles. The third-order valence-electron chi connectivity index (χ3n) is 4.64. The molecule has 2 rings (SSSR count). The van der Waals surface area contributed by atoms with E-state index in [2.05, 4.69) is 4.72 Å². The summed E-state index contributed by atoms with van der Waals surface area (Å²) < 4.78 is 33.7. The predicted octanol–water partition coefficient (Wildman–Crippen LogP) is 3.50. The van der Waals surface area contributed by atoms with Crippen molar-refractivity contribution in [1.82, 2.24) is 9.62 Å². The Labute approximate surface area is 186 Å². The molecule has 0 aliphatic carbocycles. The second-order valence-corrected chi connectivity index (χ2v) is 10.3. The van der Waals surface area contributed by atoms with E-state index in [1.165, 1.54) is 19.2 Å². The van der Waals surface area contributed by atoms with Crippen LogP contribution in [-0.2, 0) is 16.6 Å². The number of anilines is 1. The highest BCUT2D eigenvalue weighted by atomic mass is 32.2. The number of ether oxygens (including phenoxy) is 1. The zero-order valence-electron chi connectivity index (χ0n) is 19.4. The van der Waals surface area contributed by atoms with Gasteiger partial charge in [0.05, 0.1) is 7.11 Å². The van der Waals surface area contributed by atoms with E-state index in [4.69, 9.17) is 4.74 Å². The normalized spacial score (nSPS) is 11.8. The minimum atomic E-state index is -3.87. The van der Waals surface area contributed by atoms with Gasteiger partial charge in [-0.15, -0.1) is 0 Å². The van der Waals surface area contributed by atoms with Crippen molar-refractivity contribution in [3.63, 3.8) is 0 Å². The topological polar surface area (TPSA) is 79.0 Å². The lowest BCUT2D eigenvalue weighted by molar-refractivity contribution is 0.0752. The molecule has 2 aromatic carbocycles. The highest BCUT2D eigenvalue weighted by Gasteiger charge is 2.27. The summed E-state index contributed by atoms with van der Waals surface area (Å²) in [6.07, 6.45) is 0. The molecule has 7 nitrogen and oxygen atoms in total. The molecule has 0 saturated carbocycles. The lowest BCUT2D eigenvalue weighted by Gasteiger charge is -2.23. The molecule has 0 spiro atoms. The standard InChI is InChI=1S/C23H33N3O4S/c1-8-26(16-17-9-12-19(13-10-17)25(5)6)22(27)18-11-14-20(30-7)21(15-18)31(28,29)24-23(2,3)4/h9-15,24H,8,16H2,1-7H3. The summed E-state index contributed by atoms with van der Waals surface area (Å²) in [5.74, 6) is -0.0512. The van der Waals surface area contributed by atoms with E-state index < -0.39 is 15.6 Å². The van der Waals surface area contributed by atoms with Crippen LogP contribution in [0.4, 0.5) is 5.69 Å². The first-order chi connectivity index (χ1) is 14.4. The molecule has 1 amide bonds. The molecule has 0 bridgehead atoms. The second kappa shape index (κ2) is 9.70. The third-order valence-corrected chi connectivity index (χ3v) is 6.41. The Bertz CT molecular complexity index is 1010. The fourth-order valence-electron chi connectivity index (χ4n) is 3.11. The van der Waals surface area contributed by atoms with E-state index in [1.807, 2.05) is 50.2 Å². The Morgan fingerprint density at radius 2 is 1.68 bits per heavy atom. The van der Waals surface area contributed by atoms with Crippen molar-refractivity contribution in [2.75, 3.05) is 32.6 Å². The highest BCUT2D eigenvalue weighted by molar-refractivity contribution is 7.89. The minimum Gasteiger partial charge on any atom is -0.495 e. The molecule has 0 radical (unpaired) electrons. The quantitative estimate of drug-likeness (QED) is 0.670. The molecule has 0 aliphatic rings. The average molecular weight is 448 g/mol. The van der Waals surface area contributed by atoms with Crippen molar-refractivity contribution in [3.05, 3.63) is 53.6 Å². The van der Waals surface area contributed by atoms with Crippen LogP contribution in [0.3, 0.4) is 0 Å². The van der Waals surface area contributed by atoms with E-state index in [0.717, 1.165) is 11.3 Å². The van der Waals surface area contributed by atoms with Gasteiger partial charge in [0.15, 0.2) is 0 Å². The molecule has 31 heavy (non-hydrogen) atoms. The number of amides is 1. The van der Waals surface area contributed by atoms with Gasteiger partial charge in [0.2, 0.25) is 10.0 Å². The molecule has 0 aromatic heterocycles. The molecule has 0 aliphatic heterocycles. The Kier molecular flexibility index (Phi) is 7.72. The van der Waals surface area contributed by atoms with Crippen LogP contribution in [0.1, 0.15) is 43.6 Å². The van der Waals surface area contributed by atoms with E-state index in [0.29, 0.717) is 18.7 Å². The molecule has 0 heterocycles. The SMILES string of the molecule is CCN(Cc1ccc(N(C)C)cc1)C(=O)c1ccc(OC)c(S(=O)(=O)NC(C)(C)C)c1. The van der Waals surface area contributed by atoms with Crippen molar-refractivity contribution in [1.29, 1.82) is 0 Å². The van der Waals surface area contributed by atoms with Crippen molar-refractivity contribution in [3.8, 4) is 5.75 Å². The summed E-state index contributed by atoms with van der Waals surface area (Å²) >= 11 is 0. The largest absolute Gasteiger partial charge is 0.495 e. The number of carbonyl (C=O) groups is 1. The molecule has 170 valence electrons. The first-order valence-electron chi connectivity index (χ1n) is 10.2. The molecular weight excluding hydrogens is 414 g/mol. The van der Waals surface area contributed by atoms with Gasteiger partial charge in [-0.2, -0.15) is 0 Å². The molecule has 0 fully saturated rings. The molecule has 2 aromatic rings. The van der Waals surface area contributed by atoms with Crippen molar-refractivity contribution < 1.29 is 17.9 Å². The van der Waals surface area contributed by atoms with Crippen LogP contribution in [0, 0.1) is 0 Å². The number of methoxy groups -OCH3 is 1. The number of benzene rings is 2. The van der Waals surface area contributed by atoms with E-state index in [-0.39, 0.29) is 16.6 Å². The van der Waals surface area contributed by atoms with Crippen molar-refractivity contribution in [2.24, 2.45) is 0 Å². The van der Waals surface area contributed by atoms with Crippen LogP contribution in [0.15, 0.2) is 47.4 Å². The van der Waals surface area contributed by atoms with Gasteiger partial charge in [-0.25, -0.2) is 13.1 Å². The van der Waals surface area contributed by atoms with Crippen LogP contribution in [0.5, 0.6) is 5.75 Å². The number of sulfonamides is 1. The molecule has 0 unspecified atom stereocenters. The Morgan fingerprint density at radius 3 is 2.16 bits per heavy atom. The highest BCUT2D eigenvalue weighted by Crippen LogP contribution is 2.27. The predicted molar refractivity (Wildman–Crippen MR) is 124 cm³/mol. The van der Waals surface area contributed by atoms with Gasteiger partial charge in [-0.3, -0.25) is 4.79 Å². The maximum Gasteiger partial charge on any atom is 0.254 e. The second-order valence-electron chi connectivity index (χ2n) is 8.60. The fourth-order valence-corrected chi connectivity index (χ4v) is 4.72. The molecule has 0 atom stereocenters. The van der Waals surface area contributed by atoms with Crippen LogP contribution >= 0.6 is 0 Å². The zero-order valence-corrected chi connectivity index (χ0v) is 20.2. The molecule has 1 N–H and O–H groups in total. The van der Waals surface area contributed by atoms with Gasteiger partial charge < -0.3 is 14.5 Å². The fraction of sp³-hybridized carbons (Fsp3) is 0.435. The van der Waals surface area contributed by atoms with Gasteiger partial charge in [0.1, 0.15) is 10.6 Å². The van der Waals surface area contributed by atoms with E-state index >= 15 is 0 Å². The van der Waals surface area contributed by atoms with Crippen LogP contribution in [-0.4, -0.2) is 52.5 Å². The van der Waals surface area contributed by atoms with Crippen LogP contribution in [0.25, 0.3) is 0 Å². The van der Waals surface area contributed by atoms with Crippen LogP contribution < -0.4 is 14.4 Å². The first-order valence-corrected chi connectivity index (χ1v) is 11.6. The number of nitrogens with one attached hydrogen (secondary N) is 1. The lowest BCUT2D eigenvalue weighted by atomic mass is 10.1. The Morgan fingerprint density at radius 1 is 1.06 bits per heavy atom. The van der Waals surface area contributed by atoms with Gasteiger partial charge in [0, 0.05) is 44.0 Å². The summed E-state index contributed by atoms with van der Waals surface area (Å²) in [6, 6.07) is 12.5. The zero-order chi connectivity index (χ0) is 23.4. The van der Waals surface area contributed by atoms with Gasteiger partial charge in [0.25, 0.3) is 5.91 Å². The number of rotatable bonds is 8. The minimum absolute atomic E-state index is 0.0536. The van der Waals surface area contributed by atoms with E-state index in [9.17, 15) is 13.2 Å². The Hall–Kier alpha value is -2.58. The summed E-state index contributed by atoms with van der Waals surface area (Å²) in [5, 5.41) is 0. The number of hydrogen-bond donors (Lipinski definition) is 1. The summed E-state index contributed by atoms with van der Waals surface area (Å²) in [4.78, 5) is 16.8.